The second-order valence-electron chi connectivity index (χ2n) is 10.8. The molecular weight excluding hydrogens is 552 g/mol. The number of benzene rings is 3. The zero-order valence-electron chi connectivity index (χ0n) is 25.2. The molecule has 0 aliphatic heterocycles. The summed E-state index contributed by atoms with van der Waals surface area (Å²) in [5.74, 6) is 0.615. The van der Waals surface area contributed by atoms with Gasteiger partial charge < -0.3 is 10.1 Å². The Balaban J connectivity index is 1.49. The molecular formula is C35H34N6O3. The number of hydrogen-bond acceptors (Lipinski definition) is 5. The Bertz CT molecular complexity index is 1890. The smallest absolute Gasteiger partial charge is 0.295 e. The summed E-state index contributed by atoms with van der Waals surface area (Å²) in [6, 6.07) is 28.3. The Kier molecular flexibility index (Phi) is 8.91. The van der Waals surface area contributed by atoms with E-state index in [9.17, 15) is 14.9 Å². The number of carbonyl (C=O) groups excluding carboxylic acids is 1. The number of carbonyl (C=O) groups is 1. The number of nitrogens with one attached hydrogen (secondary N) is 1. The first-order valence-electron chi connectivity index (χ1n) is 14.4. The van der Waals surface area contributed by atoms with Crippen LogP contribution in [0.25, 0.3) is 28.7 Å². The zero-order valence-corrected chi connectivity index (χ0v) is 25.2. The molecule has 0 spiro atoms. The molecule has 0 atom stereocenters. The van der Waals surface area contributed by atoms with Gasteiger partial charge in [-0.1, -0.05) is 50.2 Å². The van der Waals surface area contributed by atoms with Gasteiger partial charge in [0.15, 0.2) is 0 Å². The van der Waals surface area contributed by atoms with Crippen LogP contribution in [0, 0.1) is 24.2 Å². The van der Waals surface area contributed by atoms with E-state index in [1.54, 1.807) is 29.5 Å². The van der Waals surface area contributed by atoms with Crippen LogP contribution in [0.2, 0.25) is 0 Å². The minimum atomic E-state index is -0.689. The van der Waals surface area contributed by atoms with Gasteiger partial charge in [-0.2, -0.15) is 10.4 Å². The number of para-hydroxylation sites is 2. The predicted octanol–water partition coefficient (Wildman–Crippen LogP) is 6.31. The van der Waals surface area contributed by atoms with Crippen molar-refractivity contribution in [1.82, 2.24) is 19.1 Å². The molecule has 1 amide bonds. The number of rotatable bonds is 10. The second-order valence-corrected chi connectivity index (χ2v) is 10.8. The number of anilines is 1. The predicted molar refractivity (Wildman–Crippen MR) is 172 cm³/mol. The van der Waals surface area contributed by atoms with Crippen LogP contribution in [0.1, 0.15) is 31.5 Å². The monoisotopic (exact) mass is 586 g/mol. The number of nitrogens with zero attached hydrogens (tertiary/aromatic N) is 5. The first kappa shape index (κ1) is 29.9. The van der Waals surface area contributed by atoms with Gasteiger partial charge in [-0.3, -0.25) is 14.3 Å². The normalized spacial score (nSPS) is 11.4. The van der Waals surface area contributed by atoms with Crippen LogP contribution in [0.15, 0.2) is 101 Å². The molecule has 9 heteroatoms. The molecule has 0 saturated heterocycles. The van der Waals surface area contributed by atoms with E-state index in [2.05, 4.69) is 19.2 Å². The van der Waals surface area contributed by atoms with Gasteiger partial charge in [0.1, 0.15) is 23.1 Å². The van der Waals surface area contributed by atoms with Gasteiger partial charge in [-0.15, -0.1) is 0 Å². The second kappa shape index (κ2) is 13.1. The summed E-state index contributed by atoms with van der Waals surface area (Å²) in [5.41, 5.74) is 3.54. The molecule has 0 radical (unpaired) electrons. The van der Waals surface area contributed by atoms with E-state index in [0.29, 0.717) is 35.2 Å². The van der Waals surface area contributed by atoms with Crippen molar-refractivity contribution in [2.24, 2.45) is 13.0 Å². The molecule has 9 nitrogen and oxygen atoms in total. The fourth-order valence-corrected chi connectivity index (χ4v) is 4.75. The molecule has 0 bridgehead atoms. The summed E-state index contributed by atoms with van der Waals surface area (Å²) >= 11 is 0. The fourth-order valence-electron chi connectivity index (χ4n) is 4.75. The number of amides is 1. The molecule has 3 aromatic carbocycles. The molecule has 0 fully saturated rings. The highest BCUT2D eigenvalue weighted by molar-refractivity contribution is 6.10. The lowest BCUT2D eigenvalue weighted by molar-refractivity contribution is -0.112. The molecule has 2 heterocycles. The largest absolute Gasteiger partial charge is 0.494 e. The van der Waals surface area contributed by atoms with Crippen molar-refractivity contribution in [3.8, 4) is 34.5 Å². The molecule has 0 saturated carbocycles. The molecule has 5 aromatic rings. The number of hydrogen-bond donors (Lipinski definition) is 1. The number of ether oxygens (including phenoxy) is 1. The summed E-state index contributed by atoms with van der Waals surface area (Å²) in [5, 5.41) is 17.5. The Morgan fingerprint density at radius 2 is 1.64 bits per heavy atom. The van der Waals surface area contributed by atoms with Gasteiger partial charge >= 0.3 is 0 Å². The van der Waals surface area contributed by atoms with Gasteiger partial charge in [0.25, 0.3) is 11.5 Å². The Hall–Kier alpha value is -5.62. The molecule has 1 N–H and O–H groups in total. The summed E-state index contributed by atoms with van der Waals surface area (Å²) in [6.45, 7) is 6.68. The minimum Gasteiger partial charge on any atom is -0.494 e. The van der Waals surface area contributed by atoms with Gasteiger partial charge in [-0.25, -0.2) is 9.36 Å². The fraction of sp³-hybridized carbons (Fsp3) is 0.200. The molecule has 0 aliphatic carbocycles. The maximum Gasteiger partial charge on any atom is 0.295 e. The molecule has 5 rings (SSSR count). The lowest BCUT2D eigenvalue weighted by Crippen LogP contribution is -2.23. The van der Waals surface area contributed by atoms with Gasteiger partial charge in [0.2, 0.25) is 0 Å². The van der Waals surface area contributed by atoms with Crippen molar-refractivity contribution < 1.29 is 9.53 Å². The van der Waals surface area contributed by atoms with E-state index in [1.807, 2.05) is 91.0 Å². The summed E-state index contributed by atoms with van der Waals surface area (Å²) < 4.78 is 10.7. The lowest BCUT2D eigenvalue weighted by atomic mass is 10.1. The minimum absolute atomic E-state index is 0.107. The Morgan fingerprint density at radius 3 is 2.25 bits per heavy atom. The summed E-state index contributed by atoms with van der Waals surface area (Å²) in [7, 11) is 1.74. The van der Waals surface area contributed by atoms with E-state index in [-0.39, 0.29) is 11.3 Å². The highest BCUT2D eigenvalue weighted by Crippen LogP contribution is 2.28. The molecule has 44 heavy (non-hydrogen) atoms. The number of nitriles is 1. The molecule has 222 valence electrons. The highest BCUT2D eigenvalue weighted by Gasteiger charge is 2.21. The third-order valence-corrected chi connectivity index (χ3v) is 7.31. The van der Waals surface area contributed by atoms with Crippen LogP contribution < -0.4 is 15.6 Å². The first-order chi connectivity index (χ1) is 21.3. The van der Waals surface area contributed by atoms with E-state index >= 15 is 0 Å². The van der Waals surface area contributed by atoms with Crippen LogP contribution in [0.3, 0.4) is 0 Å². The van der Waals surface area contributed by atoms with Crippen molar-refractivity contribution in [2.45, 2.75) is 27.2 Å². The van der Waals surface area contributed by atoms with Gasteiger partial charge in [-0.05, 0) is 73.9 Å². The molecule has 0 aliphatic rings. The zero-order chi connectivity index (χ0) is 31.2. The average molecular weight is 587 g/mol. The Morgan fingerprint density at radius 1 is 1.00 bits per heavy atom. The average Bonchev–Trinajstić information content (AvgIpc) is 3.55. The van der Waals surface area contributed by atoms with Crippen LogP contribution in [-0.2, 0) is 11.8 Å². The molecule has 0 unspecified atom stereocenters. The summed E-state index contributed by atoms with van der Waals surface area (Å²) in [6.07, 6.45) is 4.23. The van der Waals surface area contributed by atoms with E-state index in [1.165, 1.54) is 10.8 Å². The van der Waals surface area contributed by atoms with E-state index < -0.39 is 11.5 Å². The van der Waals surface area contributed by atoms with Crippen molar-refractivity contribution in [3.05, 3.63) is 118 Å². The van der Waals surface area contributed by atoms with Gasteiger partial charge in [0.05, 0.1) is 29.4 Å². The van der Waals surface area contributed by atoms with Crippen LogP contribution in [0.5, 0.6) is 5.75 Å². The van der Waals surface area contributed by atoms with Crippen molar-refractivity contribution in [2.75, 3.05) is 11.9 Å². The molecule has 2 aromatic heterocycles. The topological polar surface area (TPSA) is 107 Å². The quantitative estimate of drug-likeness (QED) is 0.153. The van der Waals surface area contributed by atoms with Gasteiger partial charge in [0, 0.05) is 24.4 Å². The summed E-state index contributed by atoms with van der Waals surface area (Å²) in [4.78, 5) is 26.8. The van der Waals surface area contributed by atoms with E-state index in [4.69, 9.17) is 9.84 Å². The van der Waals surface area contributed by atoms with Crippen LogP contribution in [-0.4, -0.2) is 31.7 Å². The SMILES string of the molecule is Cc1c(NC(=O)/C(C#N)=C\c2cn(-c3ccccc3)nc2-c2ccc(OCCC(C)C)cc2)c(=O)n(-c2ccccc2)n1C. The standard InChI is InChI=1S/C35H34N6O3/c1-24(2)19-20-44-31-17-15-26(16-18-31)33-28(23-40(38-33)29-11-7-5-8-12-29)21-27(22-36)34(42)37-32-25(3)39(4)41(35(32)43)30-13-9-6-10-14-30/h5-18,21,23-24H,19-20H2,1-4H3,(H,37,42)/b27-21-. The maximum atomic E-state index is 13.4. The lowest BCUT2D eigenvalue weighted by Gasteiger charge is -2.08. The first-order valence-corrected chi connectivity index (χ1v) is 14.4. The van der Waals surface area contributed by atoms with Crippen molar-refractivity contribution in [1.29, 1.82) is 5.26 Å². The number of aromatic nitrogens is 4. The van der Waals surface area contributed by atoms with Crippen LogP contribution in [0.4, 0.5) is 5.69 Å². The van der Waals surface area contributed by atoms with E-state index in [0.717, 1.165) is 23.4 Å². The van der Waals surface area contributed by atoms with Crippen LogP contribution >= 0.6 is 0 Å². The third-order valence-electron chi connectivity index (χ3n) is 7.31. The highest BCUT2D eigenvalue weighted by atomic mass is 16.5. The van der Waals surface area contributed by atoms with Crippen molar-refractivity contribution in [3.63, 3.8) is 0 Å². The van der Waals surface area contributed by atoms with Crippen molar-refractivity contribution >= 4 is 17.7 Å². The Labute approximate surface area is 256 Å². The maximum absolute atomic E-state index is 13.4. The third kappa shape index (κ3) is 6.40.